The number of halogens is 1. The van der Waals surface area contributed by atoms with Gasteiger partial charge >= 0.3 is 0 Å². The van der Waals surface area contributed by atoms with Gasteiger partial charge in [-0.2, -0.15) is 0 Å². The Morgan fingerprint density at radius 3 is 3.22 bits per heavy atom. The average Bonchev–Trinajstić information content (AvgIpc) is 1.79. The van der Waals surface area contributed by atoms with Gasteiger partial charge in [0, 0.05) is 6.42 Å². The molecule has 0 bridgehead atoms. The Kier molecular flexibility index (Phi) is 2.55. The minimum Gasteiger partial charge on any atom is -0.468 e. The predicted octanol–water partition coefficient (Wildman–Crippen LogP) is 2.39. The third-order valence-electron chi connectivity index (χ3n) is 1.37. The number of allylic oxidation sites excluding steroid dienone is 1. The van der Waals surface area contributed by atoms with Crippen LogP contribution in [0.25, 0.3) is 0 Å². The van der Waals surface area contributed by atoms with Crippen molar-refractivity contribution in [3.8, 4) is 0 Å². The van der Waals surface area contributed by atoms with E-state index in [1.807, 2.05) is 6.08 Å². The van der Waals surface area contributed by atoms with Gasteiger partial charge in [-0.05, 0) is 25.3 Å². The van der Waals surface area contributed by atoms with Gasteiger partial charge in [-0.25, -0.2) is 4.39 Å². The molecule has 9 heavy (non-hydrogen) atoms. The number of hydrogen-bond acceptors (Lipinski definition) is 1. The van der Waals surface area contributed by atoms with Gasteiger partial charge in [0.05, 0.1) is 6.26 Å². The van der Waals surface area contributed by atoms with Crippen molar-refractivity contribution in [3.05, 3.63) is 12.3 Å². The van der Waals surface area contributed by atoms with Gasteiger partial charge in [0.25, 0.3) is 0 Å². The molecule has 0 saturated carbocycles. The molecule has 52 valence electrons. The number of alkyl halides is 1. The fourth-order valence-electron chi connectivity index (χ4n) is 0.844. The second-order valence-corrected chi connectivity index (χ2v) is 2.20. The minimum atomic E-state index is -1.07. The maximum absolute atomic E-state index is 12.4. The van der Waals surface area contributed by atoms with Crippen LogP contribution in [0.4, 0.5) is 4.39 Å². The van der Waals surface area contributed by atoms with Crippen molar-refractivity contribution in [1.82, 2.24) is 0 Å². The molecule has 1 unspecified atom stereocenters. The summed E-state index contributed by atoms with van der Waals surface area (Å²) < 4.78 is 17.0. The molecular weight excluding hydrogens is 119 g/mol. The van der Waals surface area contributed by atoms with E-state index in [2.05, 4.69) is 4.74 Å². The molecule has 1 aliphatic rings. The molecule has 0 aliphatic carbocycles. The quantitative estimate of drug-likeness (QED) is 0.489. The monoisotopic (exact) mass is 130 g/mol. The number of rotatable bonds is 0. The zero-order valence-corrected chi connectivity index (χ0v) is 5.35. The molecule has 0 aromatic rings. The summed E-state index contributed by atoms with van der Waals surface area (Å²) in [4.78, 5) is 0. The Bertz CT molecular complexity index is 101. The predicted molar refractivity (Wildman–Crippen MR) is 33.6 cm³/mol. The maximum Gasteiger partial charge on any atom is 0.237 e. The Labute approximate surface area is 54.5 Å². The van der Waals surface area contributed by atoms with Crippen molar-refractivity contribution < 1.29 is 9.13 Å². The Morgan fingerprint density at radius 2 is 2.33 bits per heavy atom. The van der Waals surface area contributed by atoms with Crippen LogP contribution in [0.15, 0.2) is 12.3 Å². The first-order chi connectivity index (χ1) is 4.39. The molecule has 0 saturated heterocycles. The maximum atomic E-state index is 12.4. The zero-order chi connectivity index (χ0) is 6.53. The lowest BCUT2D eigenvalue weighted by atomic mass is 10.2. The third kappa shape index (κ3) is 2.49. The number of hydrogen-bond donors (Lipinski definition) is 0. The topological polar surface area (TPSA) is 9.23 Å². The molecule has 1 rings (SSSR count). The van der Waals surface area contributed by atoms with E-state index in [-0.39, 0.29) is 0 Å². The van der Waals surface area contributed by atoms with Crippen molar-refractivity contribution in [2.75, 3.05) is 0 Å². The van der Waals surface area contributed by atoms with Crippen molar-refractivity contribution in [1.29, 1.82) is 0 Å². The highest BCUT2D eigenvalue weighted by molar-refractivity contribution is 4.75. The molecule has 0 amide bonds. The summed E-state index contributed by atoms with van der Waals surface area (Å²) >= 11 is 0. The molecule has 2 heteroatoms. The molecule has 1 atom stereocenters. The van der Waals surface area contributed by atoms with E-state index >= 15 is 0 Å². The van der Waals surface area contributed by atoms with Crippen LogP contribution in [0, 0.1) is 0 Å². The van der Waals surface area contributed by atoms with Crippen molar-refractivity contribution in [3.63, 3.8) is 0 Å². The van der Waals surface area contributed by atoms with Gasteiger partial charge < -0.3 is 4.74 Å². The van der Waals surface area contributed by atoms with E-state index in [1.54, 1.807) is 0 Å². The van der Waals surface area contributed by atoms with E-state index in [4.69, 9.17) is 0 Å². The van der Waals surface area contributed by atoms with Gasteiger partial charge in [0.15, 0.2) is 0 Å². The van der Waals surface area contributed by atoms with Crippen LogP contribution in [0.2, 0.25) is 0 Å². The normalized spacial score (nSPS) is 31.9. The lowest BCUT2D eigenvalue weighted by Gasteiger charge is -2.08. The fraction of sp³-hybridized carbons (Fsp3) is 0.714. The molecule has 1 aliphatic heterocycles. The van der Waals surface area contributed by atoms with Gasteiger partial charge in [0.2, 0.25) is 6.36 Å². The second-order valence-electron chi connectivity index (χ2n) is 2.20. The second kappa shape index (κ2) is 3.49. The molecule has 0 radical (unpaired) electrons. The molecule has 0 fully saturated rings. The molecule has 0 aromatic heterocycles. The summed E-state index contributed by atoms with van der Waals surface area (Å²) in [5.74, 6) is 0. The van der Waals surface area contributed by atoms with Crippen LogP contribution in [-0.2, 0) is 4.74 Å². The van der Waals surface area contributed by atoms with Crippen LogP contribution in [0.5, 0.6) is 0 Å². The average molecular weight is 130 g/mol. The highest BCUT2D eigenvalue weighted by Gasteiger charge is 2.04. The van der Waals surface area contributed by atoms with E-state index < -0.39 is 6.36 Å². The van der Waals surface area contributed by atoms with Crippen LogP contribution >= 0.6 is 0 Å². The molecule has 0 spiro atoms. The highest BCUT2D eigenvalue weighted by Crippen LogP contribution is 2.11. The van der Waals surface area contributed by atoms with Gasteiger partial charge in [-0.3, -0.25) is 0 Å². The first-order valence-electron chi connectivity index (χ1n) is 3.34. The van der Waals surface area contributed by atoms with Crippen LogP contribution in [-0.4, -0.2) is 6.36 Å². The molecule has 1 heterocycles. The summed E-state index contributed by atoms with van der Waals surface area (Å²) in [7, 11) is 0. The summed E-state index contributed by atoms with van der Waals surface area (Å²) in [6, 6.07) is 0. The first-order valence-corrected chi connectivity index (χ1v) is 3.34. The van der Waals surface area contributed by atoms with Gasteiger partial charge in [-0.1, -0.05) is 0 Å². The van der Waals surface area contributed by atoms with Gasteiger partial charge in [-0.15, -0.1) is 0 Å². The summed E-state index contributed by atoms with van der Waals surface area (Å²) in [5, 5.41) is 0. The largest absolute Gasteiger partial charge is 0.468 e. The lowest BCUT2D eigenvalue weighted by Crippen LogP contribution is -2.02. The van der Waals surface area contributed by atoms with Gasteiger partial charge in [0.1, 0.15) is 0 Å². The Balaban J connectivity index is 2.28. The molecular formula is C7H11FO. The molecule has 0 aromatic carbocycles. The van der Waals surface area contributed by atoms with Crippen molar-refractivity contribution in [2.24, 2.45) is 0 Å². The lowest BCUT2D eigenvalue weighted by molar-refractivity contribution is 0.0136. The van der Waals surface area contributed by atoms with Crippen LogP contribution in [0.3, 0.4) is 0 Å². The first kappa shape index (κ1) is 6.59. The standard InChI is InChI=1S/C7H11FO/c8-7-5-3-1-2-4-6-9-7/h4,6-7H,1-3,5H2/b6-4-. The summed E-state index contributed by atoms with van der Waals surface area (Å²) in [6.45, 7) is 0. The Hall–Kier alpha value is -0.530. The van der Waals surface area contributed by atoms with Crippen LogP contribution < -0.4 is 0 Å². The number of ether oxygens (including phenoxy) is 1. The summed E-state index contributed by atoms with van der Waals surface area (Å²) in [5.41, 5.74) is 0. The van der Waals surface area contributed by atoms with E-state index in [9.17, 15) is 4.39 Å². The third-order valence-corrected chi connectivity index (χ3v) is 1.37. The molecule has 0 N–H and O–H groups in total. The smallest absolute Gasteiger partial charge is 0.237 e. The SMILES string of the molecule is FC1CCCC/C=C\O1. The van der Waals surface area contributed by atoms with Crippen molar-refractivity contribution >= 4 is 0 Å². The fourth-order valence-corrected chi connectivity index (χ4v) is 0.844. The molecule has 1 nitrogen and oxygen atoms in total. The van der Waals surface area contributed by atoms with Crippen molar-refractivity contribution in [2.45, 2.75) is 32.0 Å². The highest BCUT2D eigenvalue weighted by atomic mass is 19.1. The van der Waals surface area contributed by atoms with Crippen LogP contribution in [0.1, 0.15) is 25.7 Å². The van der Waals surface area contributed by atoms with E-state index in [0.29, 0.717) is 6.42 Å². The zero-order valence-electron chi connectivity index (χ0n) is 5.35. The summed E-state index contributed by atoms with van der Waals surface area (Å²) in [6.07, 6.45) is 5.85. The Morgan fingerprint density at radius 1 is 1.44 bits per heavy atom. The van der Waals surface area contributed by atoms with E-state index in [0.717, 1.165) is 19.3 Å². The van der Waals surface area contributed by atoms with E-state index in [1.165, 1.54) is 6.26 Å². The minimum absolute atomic E-state index is 0.546.